The Morgan fingerprint density at radius 1 is 1.22 bits per heavy atom. The quantitative estimate of drug-likeness (QED) is 0.753. The van der Waals surface area contributed by atoms with E-state index in [0.717, 1.165) is 13.2 Å². The minimum atomic E-state index is -4.59. The lowest BCUT2D eigenvalue weighted by Gasteiger charge is -2.11. The van der Waals surface area contributed by atoms with Gasteiger partial charge in [-0.05, 0) is 18.6 Å². The lowest BCUT2D eigenvalue weighted by molar-refractivity contribution is -0.145. The van der Waals surface area contributed by atoms with E-state index in [1.165, 1.54) is 12.1 Å². The number of halogens is 3. The first-order chi connectivity index (χ1) is 10.7. The topological polar surface area (TPSA) is 61.2 Å². The number of hydrogen-bond donors (Lipinski definition) is 0. The summed E-state index contributed by atoms with van der Waals surface area (Å²) < 4.78 is 68.2. The van der Waals surface area contributed by atoms with E-state index in [1.54, 1.807) is 18.2 Å². The summed E-state index contributed by atoms with van der Waals surface area (Å²) in [7, 11) is -2.31. The van der Waals surface area contributed by atoms with Crippen molar-refractivity contribution < 1.29 is 26.3 Å². The van der Waals surface area contributed by atoms with Gasteiger partial charge in [0.15, 0.2) is 21.3 Å². The van der Waals surface area contributed by atoms with Crippen LogP contribution < -0.4 is 4.74 Å². The zero-order valence-electron chi connectivity index (χ0n) is 12.2. The molecule has 0 aliphatic heterocycles. The first kappa shape index (κ1) is 17.3. The Kier molecular flexibility index (Phi) is 4.98. The van der Waals surface area contributed by atoms with Crippen LogP contribution in [0.2, 0.25) is 0 Å². The number of benzene rings is 1. The van der Waals surface area contributed by atoms with Crippen LogP contribution in [0, 0.1) is 0 Å². The highest BCUT2D eigenvalue weighted by atomic mass is 32.2. The van der Waals surface area contributed by atoms with E-state index in [9.17, 15) is 21.6 Å². The highest BCUT2D eigenvalue weighted by Crippen LogP contribution is 2.35. The molecule has 0 amide bonds. The van der Waals surface area contributed by atoms with Crippen LogP contribution in [-0.2, 0) is 23.1 Å². The monoisotopic (exact) mass is 348 g/mol. The van der Waals surface area contributed by atoms with E-state index < -0.39 is 27.5 Å². The molecule has 23 heavy (non-hydrogen) atoms. The van der Waals surface area contributed by atoms with Gasteiger partial charge in [0.05, 0.1) is 23.5 Å². The Hall–Kier alpha value is -2.03. The molecule has 0 spiro atoms. The maximum absolute atomic E-state index is 12.8. The average molecular weight is 348 g/mol. The molecule has 0 bridgehead atoms. The second kappa shape index (κ2) is 6.61. The van der Waals surface area contributed by atoms with E-state index in [1.807, 2.05) is 0 Å². The average Bonchev–Trinajstić information content (AvgIpc) is 2.85. The second-order valence-corrected chi connectivity index (χ2v) is 6.92. The molecule has 0 N–H and O–H groups in total. The number of nitrogens with zero attached hydrogens (tertiary/aromatic N) is 2. The summed E-state index contributed by atoms with van der Waals surface area (Å²) in [6.07, 6.45) is -3.55. The van der Waals surface area contributed by atoms with Crippen molar-refractivity contribution in [3.05, 3.63) is 42.2 Å². The highest BCUT2D eigenvalue weighted by molar-refractivity contribution is 7.91. The van der Waals surface area contributed by atoms with Crippen LogP contribution in [0.1, 0.15) is 12.1 Å². The van der Waals surface area contributed by atoms with Crippen LogP contribution in [0.4, 0.5) is 13.2 Å². The molecule has 1 aromatic heterocycles. The molecule has 1 heterocycles. The molecule has 1 aromatic carbocycles. The summed E-state index contributed by atoms with van der Waals surface area (Å²) in [5.74, 6) is -0.615. The molecule has 126 valence electrons. The maximum atomic E-state index is 12.8. The number of ether oxygens (including phenoxy) is 1. The van der Waals surface area contributed by atoms with Gasteiger partial charge >= 0.3 is 6.18 Å². The van der Waals surface area contributed by atoms with E-state index in [2.05, 4.69) is 5.10 Å². The number of sulfone groups is 1. The molecule has 0 saturated heterocycles. The van der Waals surface area contributed by atoms with Gasteiger partial charge < -0.3 is 4.74 Å². The van der Waals surface area contributed by atoms with Gasteiger partial charge in [-0.3, -0.25) is 4.68 Å². The lowest BCUT2D eigenvalue weighted by atomic mass is 10.4. The Morgan fingerprint density at radius 3 is 2.48 bits per heavy atom. The van der Waals surface area contributed by atoms with Gasteiger partial charge in [0.1, 0.15) is 0 Å². The summed E-state index contributed by atoms with van der Waals surface area (Å²) in [6, 6.07) is 7.85. The van der Waals surface area contributed by atoms with Gasteiger partial charge in [0.25, 0.3) is 0 Å². The van der Waals surface area contributed by atoms with Crippen molar-refractivity contribution in [2.75, 3.05) is 12.4 Å². The Balaban J connectivity index is 1.94. The van der Waals surface area contributed by atoms with Gasteiger partial charge in [-0.15, -0.1) is 0 Å². The van der Waals surface area contributed by atoms with Gasteiger partial charge in [0.2, 0.25) is 0 Å². The summed E-state index contributed by atoms with van der Waals surface area (Å²) >= 11 is 0. The fourth-order valence-corrected chi connectivity index (χ4v) is 3.33. The standard InChI is InChI=1S/C14H15F3N2O3S/c1-19-13(14(15,16)17)12(10-18-19)22-8-5-9-23(20,21)11-6-3-2-4-7-11/h2-4,6-7,10H,5,8-9H2,1H3. The van der Waals surface area contributed by atoms with Crippen LogP contribution in [0.5, 0.6) is 5.75 Å². The molecule has 5 nitrogen and oxygen atoms in total. The summed E-state index contributed by atoms with van der Waals surface area (Å²) in [5.41, 5.74) is -0.997. The third kappa shape index (κ3) is 4.25. The SMILES string of the molecule is Cn1ncc(OCCCS(=O)(=O)c2ccccc2)c1C(F)(F)F. The molecular formula is C14H15F3N2O3S. The Labute approximate surface area is 131 Å². The molecule has 0 saturated carbocycles. The first-order valence-corrected chi connectivity index (χ1v) is 8.37. The van der Waals surface area contributed by atoms with Crippen LogP contribution >= 0.6 is 0 Å². The Bertz CT molecular complexity index is 755. The van der Waals surface area contributed by atoms with Crippen molar-refractivity contribution in [2.45, 2.75) is 17.5 Å². The molecule has 0 unspecified atom stereocenters. The van der Waals surface area contributed by atoms with Crippen LogP contribution in [-0.4, -0.2) is 30.6 Å². The predicted octanol–water partition coefficient (Wildman–Crippen LogP) is 2.68. The fourth-order valence-electron chi connectivity index (χ4n) is 2.02. The van der Waals surface area contributed by atoms with Crippen LogP contribution in [0.15, 0.2) is 41.4 Å². The van der Waals surface area contributed by atoms with Gasteiger partial charge in [0, 0.05) is 7.05 Å². The summed E-state index contributed by atoms with van der Waals surface area (Å²) in [5, 5.41) is 3.51. The van der Waals surface area contributed by atoms with Gasteiger partial charge in [-0.1, -0.05) is 18.2 Å². The van der Waals surface area contributed by atoms with Crippen molar-refractivity contribution in [3.8, 4) is 5.75 Å². The van der Waals surface area contributed by atoms with Crippen molar-refractivity contribution in [2.24, 2.45) is 7.05 Å². The highest BCUT2D eigenvalue weighted by Gasteiger charge is 2.38. The number of rotatable bonds is 6. The van der Waals surface area contributed by atoms with E-state index >= 15 is 0 Å². The largest absolute Gasteiger partial charge is 0.490 e. The van der Waals surface area contributed by atoms with Crippen molar-refractivity contribution in [1.29, 1.82) is 0 Å². The second-order valence-electron chi connectivity index (χ2n) is 4.81. The molecule has 2 rings (SSSR count). The van der Waals surface area contributed by atoms with Gasteiger partial charge in [-0.2, -0.15) is 18.3 Å². The minimum Gasteiger partial charge on any atom is -0.490 e. The number of hydrogen-bond acceptors (Lipinski definition) is 4. The van der Waals surface area contributed by atoms with Crippen molar-refractivity contribution in [3.63, 3.8) is 0 Å². The summed E-state index contributed by atoms with van der Waals surface area (Å²) in [4.78, 5) is 0.178. The van der Waals surface area contributed by atoms with Crippen molar-refractivity contribution in [1.82, 2.24) is 9.78 Å². The zero-order valence-corrected chi connectivity index (χ0v) is 13.1. The van der Waals surface area contributed by atoms with E-state index in [-0.39, 0.29) is 23.7 Å². The van der Waals surface area contributed by atoms with E-state index in [4.69, 9.17) is 4.74 Å². The third-order valence-electron chi connectivity index (χ3n) is 3.09. The van der Waals surface area contributed by atoms with Crippen LogP contribution in [0.3, 0.4) is 0 Å². The molecule has 9 heteroatoms. The summed E-state index contributed by atoms with van der Waals surface area (Å²) in [6.45, 7) is -0.152. The maximum Gasteiger partial charge on any atom is 0.436 e. The Morgan fingerprint density at radius 2 is 1.87 bits per heavy atom. The smallest absolute Gasteiger partial charge is 0.436 e. The molecule has 2 aromatic rings. The molecule has 0 aliphatic rings. The molecule has 0 radical (unpaired) electrons. The van der Waals surface area contributed by atoms with E-state index in [0.29, 0.717) is 4.68 Å². The number of aromatic nitrogens is 2. The first-order valence-electron chi connectivity index (χ1n) is 6.71. The zero-order chi connectivity index (χ0) is 17.1. The third-order valence-corrected chi connectivity index (χ3v) is 4.91. The fraction of sp³-hybridized carbons (Fsp3) is 0.357. The molecule has 0 aliphatic carbocycles. The minimum absolute atomic E-state index is 0.0728. The number of alkyl halides is 3. The molecular weight excluding hydrogens is 333 g/mol. The normalized spacial score (nSPS) is 12.3. The number of aryl methyl sites for hydroxylation is 1. The predicted molar refractivity (Wildman–Crippen MR) is 76.8 cm³/mol. The van der Waals surface area contributed by atoms with Gasteiger partial charge in [-0.25, -0.2) is 8.42 Å². The van der Waals surface area contributed by atoms with Crippen LogP contribution in [0.25, 0.3) is 0 Å². The molecule has 0 fully saturated rings. The molecule has 0 atom stereocenters. The van der Waals surface area contributed by atoms with Crippen molar-refractivity contribution >= 4 is 9.84 Å². The lowest BCUT2D eigenvalue weighted by Crippen LogP contribution is -2.15.